The van der Waals surface area contributed by atoms with Crippen molar-refractivity contribution in [3.63, 3.8) is 0 Å². The monoisotopic (exact) mass is 240 g/mol. The highest BCUT2D eigenvalue weighted by Gasteiger charge is 1.94. The van der Waals surface area contributed by atoms with Crippen LogP contribution < -0.4 is 4.74 Å². The second kappa shape index (κ2) is 5.81. The maximum atomic E-state index is 5.41. The third kappa shape index (κ3) is 3.64. The first-order chi connectivity index (χ1) is 6.36. The van der Waals surface area contributed by atoms with Crippen molar-refractivity contribution in [1.29, 1.82) is 0 Å². The molecule has 0 aliphatic rings. The largest absolute Gasteiger partial charge is 0.490 e. The van der Waals surface area contributed by atoms with Gasteiger partial charge in [-0.25, -0.2) is 0 Å². The van der Waals surface area contributed by atoms with E-state index in [2.05, 4.69) is 34.6 Å². The lowest BCUT2D eigenvalue weighted by atomic mass is 10.2. The molecule has 0 aliphatic heterocycles. The lowest BCUT2D eigenvalue weighted by Crippen LogP contribution is -1.94. The molecule has 70 valence electrons. The maximum absolute atomic E-state index is 5.41. The van der Waals surface area contributed by atoms with E-state index in [1.54, 1.807) is 6.08 Å². The van der Waals surface area contributed by atoms with Gasteiger partial charge in [0.05, 0.1) is 0 Å². The molecular formula is C11H13BrO. The lowest BCUT2D eigenvalue weighted by Gasteiger charge is -2.04. The van der Waals surface area contributed by atoms with Gasteiger partial charge in [-0.1, -0.05) is 40.7 Å². The van der Waals surface area contributed by atoms with Gasteiger partial charge in [0.15, 0.2) is 0 Å². The van der Waals surface area contributed by atoms with Crippen LogP contribution in [-0.4, -0.2) is 11.9 Å². The zero-order valence-corrected chi connectivity index (χ0v) is 9.09. The lowest BCUT2D eigenvalue weighted by molar-refractivity contribution is 0.363. The van der Waals surface area contributed by atoms with Crippen molar-refractivity contribution in [3.05, 3.63) is 42.5 Å². The number of hydrogen-bond donors (Lipinski definition) is 0. The standard InChI is InChI=1S/C11H13BrO/c1-2-8-13-11-5-3-4-10(9-11)6-7-12/h2-5,9H,1,6-8H2. The van der Waals surface area contributed by atoms with Gasteiger partial charge in [-0.05, 0) is 24.1 Å². The summed E-state index contributed by atoms with van der Waals surface area (Å²) in [4.78, 5) is 0. The van der Waals surface area contributed by atoms with Gasteiger partial charge in [-0.15, -0.1) is 0 Å². The second-order valence-electron chi connectivity index (χ2n) is 2.69. The molecule has 2 heteroatoms. The van der Waals surface area contributed by atoms with Crippen LogP contribution in [0.25, 0.3) is 0 Å². The molecule has 0 radical (unpaired) electrons. The van der Waals surface area contributed by atoms with Gasteiger partial charge >= 0.3 is 0 Å². The molecule has 0 N–H and O–H groups in total. The third-order valence-corrected chi connectivity index (χ3v) is 2.05. The Balaban J connectivity index is 2.61. The number of ether oxygens (including phenoxy) is 1. The first-order valence-corrected chi connectivity index (χ1v) is 5.37. The fraction of sp³-hybridized carbons (Fsp3) is 0.273. The van der Waals surface area contributed by atoms with E-state index in [1.165, 1.54) is 5.56 Å². The van der Waals surface area contributed by atoms with Crippen LogP contribution in [0.2, 0.25) is 0 Å². The minimum Gasteiger partial charge on any atom is -0.490 e. The van der Waals surface area contributed by atoms with Crippen LogP contribution in [0, 0.1) is 0 Å². The Morgan fingerprint density at radius 2 is 2.31 bits per heavy atom. The molecule has 0 aliphatic carbocycles. The number of aryl methyl sites for hydroxylation is 1. The molecule has 0 saturated carbocycles. The molecule has 0 aromatic heterocycles. The number of alkyl halides is 1. The van der Waals surface area contributed by atoms with Crippen LogP contribution in [0.3, 0.4) is 0 Å². The topological polar surface area (TPSA) is 9.23 Å². The molecule has 1 aromatic carbocycles. The van der Waals surface area contributed by atoms with Gasteiger partial charge in [0.2, 0.25) is 0 Å². The van der Waals surface area contributed by atoms with E-state index >= 15 is 0 Å². The fourth-order valence-electron chi connectivity index (χ4n) is 1.06. The van der Waals surface area contributed by atoms with E-state index in [9.17, 15) is 0 Å². The molecule has 1 nitrogen and oxygen atoms in total. The van der Waals surface area contributed by atoms with Crippen molar-refractivity contribution < 1.29 is 4.74 Å². The fourth-order valence-corrected chi connectivity index (χ4v) is 1.51. The Morgan fingerprint density at radius 3 is 3.00 bits per heavy atom. The highest BCUT2D eigenvalue weighted by Crippen LogP contribution is 2.14. The van der Waals surface area contributed by atoms with Crippen LogP contribution in [-0.2, 0) is 6.42 Å². The van der Waals surface area contributed by atoms with E-state index < -0.39 is 0 Å². The van der Waals surface area contributed by atoms with Gasteiger partial charge in [0, 0.05) is 5.33 Å². The number of hydrogen-bond acceptors (Lipinski definition) is 1. The molecular weight excluding hydrogens is 228 g/mol. The predicted octanol–water partition coefficient (Wildman–Crippen LogP) is 3.19. The van der Waals surface area contributed by atoms with Gasteiger partial charge in [0.1, 0.15) is 12.4 Å². The summed E-state index contributed by atoms with van der Waals surface area (Å²) in [6, 6.07) is 8.13. The van der Waals surface area contributed by atoms with Crippen molar-refractivity contribution in [1.82, 2.24) is 0 Å². The summed E-state index contributed by atoms with van der Waals surface area (Å²) in [7, 11) is 0. The van der Waals surface area contributed by atoms with Crippen molar-refractivity contribution in [2.45, 2.75) is 6.42 Å². The molecule has 13 heavy (non-hydrogen) atoms. The molecule has 1 rings (SSSR count). The highest BCUT2D eigenvalue weighted by molar-refractivity contribution is 9.09. The van der Waals surface area contributed by atoms with Gasteiger partial charge < -0.3 is 4.74 Å². The van der Waals surface area contributed by atoms with Gasteiger partial charge in [-0.3, -0.25) is 0 Å². The highest BCUT2D eigenvalue weighted by atomic mass is 79.9. The Kier molecular flexibility index (Phi) is 4.61. The molecule has 0 spiro atoms. The normalized spacial score (nSPS) is 9.62. The van der Waals surface area contributed by atoms with Crippen molar-refractivity contribution in [3.8, 4) is 5.75 Å². The van der Waals surface area contributed by atoms with Crippen LogP contribution in [0.5, 0.6) is 5.75 Å². The Bertz CT molecular complexity index is 271. The molecule has 0 atom stereocenters. The predicted molar refractivity (Wildman–Crippen MR) is 59.6 cm³/mol. The molecule has 0 saturated heterocycles. The van der Waals surface area contributed by atoms with E-state index in [4.69, 9.17) is 4.74 Å². The summed E-state index contributed by atoms with van der Waals surface area (Å²) in [6.07, 6.45) is 2.78. The average Bonchev–Trinajstić information content (AvgIpc) is 2.16. The summed E-state index contributed by atoms with van der Waals surface area (Å²) < 4.78 is 5.41. The molecule has 0 bridgehead atoms. The van der Waals surface area contributed by atoms with E-state index in [-0.39, 0.29) is 0 Å². The van der Waals surface area contributed by atoms with Crippen molar-refractivity contribution >= 4 is 15.9 Å². The van der Waals surface area contributed by atoms with Crippen LogP contribution in [0.4, 0.5) is 0 Å². The van der Waals surface area contributed by atoms with Crippen molar-refractivity contribution in [2.75, 3.05) is 11.9 Å². The second-order valence-corrected chi connectivity index (χ2v) is 3.48. The first kappa shape index (κ1) is 10.3. The number of halogens is 1. The minimum atomic E-state index is 0.567. The zero-order valence-electron chi connectivity index (χ0n) is 7.50. The summed E-state index contributed by atoms with van der Waals surface area (Å²) in [6.45, 7) is 4.17. The summed E-state index contributed by atoms with van der Waals surface area (Å²) in [5.41, 5.74) is 1.29. The quantitative estimate of drug-likeness (QED) is 0.568. The first-order valence-electron chi connectivity index (χ1n) is 4.25. The Hall–Kier alpha value is -0.760. The molecule has 0 fully saturated rings. The maximum Gasteiger partial charge on any atom is 0.120 e. The SMILES string of the molecule is C=CCOc1cccc(CCBr)c1. The van der Waals surface area contributed by atoms with E-state index in [0.29, 0.717) is 6.61 Å². The number of rotatable bonds is 5. The summed E-state index contributed by atoms with van der Waals surface area (Å²) in [5, 5.41) is 0.984. The minimum absolute atomic E-state index is 0.567. The molecule has 0 unspecified atom stereocenters. The molecule has 0 amide bonds. The Morgan fingerprint density at radius 1 is 1.46 bits per heavy atom. The van der Waals surface area contributed by atoms with Gasteiger partial charge in [0.25, 0.3) is 0 Å². The van der Waals surface area contributed by atoms with Crippen LogP contribution in [0.15, 0.2) is 36.9 Å². The molecule has 0 heterocycles. The van der Waals surface area contributed by atoms with E-state index in [0.717, 1.165) is 17.5 Å². The third-order valence-electron chi connectivity index (χ3n) is 1.65. The van der Waals surface area contributed by atoms with Crippen molar-refractivity contribution in [2.24, 2.45) is 0 Å². The average molecular weight is 241 g/mol. The van der Waals surface area contributed by atoms with E-state index in [1.807, 2.05) is 12.1 Å². The van der Waals surface area contributed by atoms with Crippen LogP contribution in [0.1, 0.15) is 5.56 Å². The summed E-state index contributed by atoms with van der Waals surface area (Å²) >= 11 is 3.41. The summed E-state index contributed by atoms with van der Waals surface area (Å²) in [5.74, 6) is 0.915. The number of benzene rings is 1. The van der Waals surface area contributed by atoms with Gasteiger partial charge in [-0.2, -0.15) is 0 Å². The van der Waals surface area contributed by atoms with Crippen LogP contribution >= 0.6 is 15.9 Å². The molecule has 1 aromatic rings. The smallest absolute Gasteiger partial charge is 0.120 e. The zero-order chi connectivity index (χ0) is 9.52. The Labute approximate surface area is 87.5 Å².